The van der Waals surface area contributed by atoms with Gasteiger partial charge in [0.2, 0.25) is 0 Å². The third-order valence-corrected chi connectivity index (χ3v) is 2.61. The van der Waals surface area contributed by atoms with E-state index in [-0.39, 0.29) is 0 Å². The van der Waals surface area contributed by atoms with Crippen LogP contribution in [0.3, 0.4) is 0 Å². The van der Waals surface area contributed by atoms with Gasteiger partial charge < -0.3 is 14.2 Å². The van der Waals surface area contributed by atoms with E-state index in [9.17, 15) is 4.79 Å². The number of anilines is 1. The van der Waals surface area contributed by atoms with Gasteiger partial charge in [-0.3, -0.25) is 5.32 Å². The van der Waals surface area contributed by atoms with E-state index in [1.54, 1.807) is 49.6 Å². The normalized spacial score (nSPS) is 9.70. The number of para-hydroxylation sites is 2. The highest BCUT2D eigenvalue weighted by Crippen LogP contribution is 2.23. The fourth-order valence-corrected chi connectivity index (χ4v) is 1.63. The summed E-state index contributed by atoms with van der Waals surface area (Å²) in [5.74, 6) is 1.69. The Balaban J connectivity index is 2.01. The molecule has 0 saturated carbocycles. The van der Waals surface area contributed by atoms with Crippen LogP contribution in [0.4, 0.5) is 10.5 Å². The predicted octanol–water partition coefficient (Wildman–Crippen LogP) is 3.31. The van der Waals surface area contributed by atoms with Gasteiger partial charge in [0.05, 0.1) is 19.9 Å². The molecular formula is C15H15NO4. The number of hydrogen-bond donors (Lipinski definition) is 1. The van der Waals surface area contributed by atoms with Gasteiger partial charge in [-0.05, 0) is 36.4 Å². The fraction of sp³-hybridized carbons (Fsp3) is 0.133. The van der Waals surface area contributed by atoms with Gasteiger partial charge in [0, 0.05) is 0 Å². The van der Waals surface area contributed by atoms with Crippen LogP contribution < -0.4 is 19.5 Å². The third-order valence-electron chi connectivity index (χ3n) is 2.61. The van der Waals surface area contributed by atoms with Crippen molar-refractivity contribution in [2.24, 2.45) is 0 Å². The van der Waals surface area contributed by atoms with Gasteiger partial charge in [0.25, 0.3) is 0 Å². The average Bonchev–Trinajstić information content (AvgIpc) is 2.48. The molecule has 0 aliphatic rings. The molecule has 0 saturated heterocycles. The van der Waals surface area contributed by atoms with Gasteiger partial charge in [-0.2, -0.15) is 0 Å². The van der Waals surface area contributed by atoms with E-state index in [1.807, 2.05) is 6.07 Å². The van der Waals surface area contributed by atoms with Gasteiger partial charge in [-0.25, -0.2) is 4.79 Å². The van der Waals surface area contributed by atoms with Crippen LogP contribution in [-0.4, -0.2) is 20.3 Å². The molecule has 2 aromatic rings. The number of ether oxygens (including phenoxy) is 3. The van der Waals surface area contributed by atoms with Crippen LogP contribution in [0.5, 0.6) is 17.2 Å². The highest BCUT2D eigenvalue weighted by molar-refractivity contribution is 5.88. The lowest BCUT2D eigenvalue weighted by Crippen LogP contribution is -2.17. The Morgan fingerprint density at radius 2 is 1.55 bits per heavy atom. The molecular weight excluding hydrogens is 258 g/mol. The molecule has 0 heterocycles. The third kappa shape index (κ3) is 3.41. The maximum atomic E-state index is 11.8. The van der Waals surface area contributed by atoms with E-state index in [0.717, 1.165) is 0 Å². The lowest BCUT2D eigenvalue weighted by atomic mass is 10.3. The number of carbonyl (C=O) groups excluding carboxylic acids is 1. The van der Waals surface area contributed by atoms with Crippen molar-refractivity contribution >= 4 is 11.8 Å². The number of carbonyl (C=O) groups is 1. The van der Waals surface area contributed by atoms with Crippen molar-refractivity contribution in [3.05, 3.63) is 48.5 Å². The van der Waals surface area contributed by atoms with Crippen LogP contribution in [0.1, 0.15) is 0 Å². The number of rotatable bonds is 4. The summed E-state index contributed by atoms with van der Waals surface area (Å²) in [4.78, 5) is 11.8. The topological polar surface area (TPSA) is 56.8 Å². The van der Waals surface area contributed by atoms with Crippen LogP contribution in [0, 0.1) is 0 Å². The summed E-state index contributed by atoms with van der Waals surface area (Å²) in [6.07, 6.45) is -0.584. The first kappa shape index (κ1) is 13.7. The Bertz CT molecular complexity index is 581. The summed E-state index contributed by atoms with van der Waals surface area (Å²) in [5.41, 5.74) is 0.550. The standard InChI is InChI=1S/C15H15NO4/c1-18-11-7-9-12(10-8-11)20-15(17)16-13-5-3-4-6-14(13)19-2/h3-10H,1-2H3,(H,16,17). The van der Waals surface area contributed by atoms with Gasteiger partial charge in [0.15, 0.2) is 0 Å². The molecule has 1 N–H and O–H groups in total. The molecule has 2 aromatic carbocycles. The molecule has 0 aromatic heterocycles. The van der Waals surface area contributed by atoms with E-state index in [2.05, 4.69) is 5.32 Å². The molecule has 1 amide bonds. The molecule has 0 unspecified atom stereocenters. The zero-order chi connectivity index (χ0) is 14.4. The monoisotopic (exact) mass is 273 g/mol. The second-order valence-corrected chi connectivity index (χ2v) is 3.89. The van der Waals surface area contributed by atoms with Crippen molar-refractivity contribution in [3.63, 3.8) is 0 Å². The summed E-state index contributed by atoms with van der Waals surface area (Å²) in [6, 6.07) is 13.8. The number of amides is 1. The van der Waals surface area contributed by atoms with Gasteiger partial charge in [0.1, 0.15) is 17.2 Å². The lowest BCUT2D eigenvalue weighted by molar-refractivity contribution is 0.215. The van der Waals surface area contributed by atoms with E-state index in [1.165, 1.54) is 7.11 Å². The van der Waals surface area contributed by atoms with Crippen molar-refractivity contribution in [1.82, 2.24) is 0 Å². The minimum absolute atomic E-state index is 0.429. The van der Waals surface area contributed by atoms with Gasteiger partial charge in [-0.1, -0.05) is 12.1 Å². The fourth-order valence-electron chi connectivity index (χ4n) is 1.63. The number of methoxy groups -OCH3 is 2. The summed E-state index contributed by atoms with van der Waals surface area (Å²) in [7, 11) is 3.11. The van der Waals surface area contributed by atoms with E-state index in [0.29, 0.717) is 22.9 Å². The quantitative estimate of drug-likeness (QED) is 0.928. The average molecular weight is 273 g/mol. The van der Waals surface area contributed by atoms with Crippen LogP contribution in [-0.2, 0) is 0 Å². The predicted molar refractivity (Wildman–Crippen MR) is 75.6 cm³/mol. The van der Waals surface area contributed by atoms with Crippen molar-refractivity contribution < 1.29 is 19.0 Å². The summed E-state index contributed by atoms with van der Waals surface area (Å²) in [6.45, 7) is 0. The first-order chi connectivity index (χ1) is 9.72. The van der Waals surface area contributed by atoms with E-state index in [4.69, 9.17) is 14.2 Å². The Morgan fingerprint density at radius 3 is 2.20 bits per heavy atom. The molecule has 5 heteroatoms. The number of nitrogens with one attached hydrogen (secondary N) is 1. The van der Waals surface area contributed by atoms with Crippen molar-refractivity contribution in [2.45, 2.75) is 0 Å². The Kier molecular flexibility index (Phi) is 4.44. The van der Waals surface area contributed by atoms with Crippen molar-refractivity contribution in [1.29, 1.82) is 0 Å². The largest absolute Gasteiger partial charge is 0.497 e. The molecule has 0 aliphatic carbocycles. The molecule has 104 valence electrons. The van der Waals surface area contributed by atoms with Crippen LogP contribution in [0.15, 0.2) is 48.5 Å². The maximum absolute atomic E-state index is 11.8. The van der Waals surface area contributed by atoms with E-state index < -0.39 is 6.09 Å². The molecule has 2 rings (SSSR count). The first-order valence-corrected chi connectivity index (χ1v) is 5.99. The van der Waals surface area contributed by atoms with Gasteiger partial charge in [-0.15, -0.1) is 0 Å². The molecule has 5 nitrogen and oxygen atoms in total. The zero-order valence-corrected chi connectivity index (χ0v) is 11.3. The minimum atomic E-state index is -0.584. The Hall–Kier alpha value is -2.69. The molecule has 0 atom stereocenters. The number of benzene rings is 2. The second-order valence-electron chi connectivity index (χ2n) is 3.89. The zero-order valence-electron chi connectivity index (χ0n) is 11.3. The lowest BCUT2D eigenvalue weighted by Gasteiger charge is -2.10. The summed E-state index contributed by atoms with van der Waals surface area (Å²) < 4.78 is 15.3. The smallest absolute Gasteiger partial charge is 0.417 e. The molecule has 0 bridgehead atoms. The minimum Gasteiger partial charge on any atom is -0.497 e. The van der Waals surface area contributed by atoms with Crippen LogP contribution >= 0.6 is 0 Å². The van der Waals surface area contributed by atoms with Crippen LogP contribution in [0.2, 0.25) is 0 Å². The molecule has 0 aliphatic heterocycles. The summed E-state index contributed by atoms with van der Waals surface area (Å²) >= 11 is 0. The summed E-state index contributed by atoms with van der Waals surface area (Å²) in [5, 5.41) is 2.62. The van der Waals surface area contributed by atoms with Crippen LogP contribution in [0.25, 0.3) is 0 Å². The maximum Gasteiger partial charge on any atom is 0.417 e. The highest BCUT2D eigenvalue weighted by Gasteiger charge is 2.08. The molecule has 0 radical (unpaired) electrons. The highest BCUT2D eigenvalue weighted by atomic mass is 16.6. The second kappa shape index (κ2) is 6.47. The molecule has 0 spiro atoms. The van der Waals surface area contributed by atoms with E-state index >= 15 is 0 Å². The SMILES string of the molecule is COc1ccc(OC(=O)Nc2ccccc2OC)cc1. The molecule has 0 fully saturated rings. The molecule has 20 heavy (non-hydrogen) atoms. The Labute approximate surface area is 117 Å². The first-order valence-electron chi connectivity index (χ1n) is 5.99. The number of hydrogen-bond acceptors (Lipinski definition) is 4. The van der Waals surface area contributed by atoms with Crippen molar-refractivity contribution in [3.8, 4) is 17.2 Å². The Morgan fingerprint density at radius 1 is 0.900 bits per heavy atom. The van der Waals surface area contributed by atoms with Gasteiger partial charge >= 0.3 is 6.09 Å². The van der Waals surface area contributed by atoms with Crippen molar-refractivity contribution in [2.75, 3.05) is 19.5 Å².